The Morgan fingerprint density at radius 3 is 2.27 bits per heavy atom. The van der Waals surface area contributed by atoms with Crippen molar-refractivity contribution in [2.75, 3.05) is 0 Å². The molecule has 0 saturated carbocycles. The molecule has 222 valence electrons. The predicted molar refractivity (Wildman–Crippen MR) is 168 cm³/mol. The first-order valence-corrected chi connectivity index (χ1v) is 14.5. The Balaban J connectivity index is 0.00000384. The Bertz CT molecular complexity index is 1950. The summed E-state index contributed by atoms with van der Waals surface area (Å²) in [6, 6.07) is 0. The molecular weight excluding hydrogens is 569 g/mol. The Hall–Kier alpha value is -4.02. The normalized spacial score (nSPS) is 24.3. The van der Waals surface area contributed by atoms with Gasteiger partial charge < -0.3 is 30.5 Å². The summed E-state index contributed by atoms with van der Waals surface area (Å²) in [5, 5.41) is 26.3. The molecule has 0 unspecified atom stereocenters. The molecule has 44 heavy (non-hydrogen) atoms. The van der Waals surface area contributed by atoms with E-state index in [1.807, 2.05) is 39.0 Å². The molecule has 9 nitrogen and oxygen atoms in total. The van der Waals surface area contributed by atoms with Gasteiger partial charge in [-0.05, 0) is 51.0 Å². The van der Waals surface area contributed by atoms with Crippen LogP contribution in [0, 0.1) is 38.5 Å². The number of carboxylic acids is 2. The van der Waals surface area contributed by atoms with Crippen LogP contribution in [0.15, 0.2) is 18.0 Å². The average molecular weight is 601 g/mol. The minimum absolute atomic E-state index is 0. The number of fused-ring (bicyclic) bond motifs is 7. The van der Waals surface area contributed by atoms with Gasteiger partial charge in [0.1, 0.15) is 5.92 Å². The molecule has 3 atom stereocenters. The molecule has 3 aromatic rings. The van der Waals surface area contributed by atoms with E-state index >= 15 is 0 Å². The molecule has 8 bridgehead atoms. The smallest absolute Gasteiger partial charge is 0.664 e. The largest absolute Gasteiger partial charge is 2.00 e. The SMILES string of the molecule is C=Cc1c2[n-]c(c1C)/C=C1\[N-]/C(=C3\c4[n-]c(c(C)c4C(=O)[C@@H]3C(=O)O)/C=c3\[n-]/c(c(C)c3CC)=C\2)[C@@H](CCC(=O)O)[C@@H]1C.[Mg+2]. The molecule has 2 aliphatic heterocycles. The zero-order valence-electron chi connectivity index (χ0n) is 25.5. The zero-order chi connectivity index (χ0) is 30.9. The maximum Gasteiger partial charge on any atom is 2.00 e. The van der Waals surface area contributed by atoms with Crippen molar-refractivity contribution in [3.05, 3.63) is 90.1 Å². The van der Waals surface area contributed by atoms with Gasteiger partial charge in [-0.2, -0.15) is 11.4 Å². The summed E-state index contributed by atoms with van der Waals surface area (Å²) in [7, 11) is 0. The van der Waals surface area contributed by atoms with Gasteiger partial charge in [0.15, 0.2) is 5.78 Å². The molecule has 6 rings (SSSR count). The fourth-order valence-corrected chi connectivity index (χ4v) is 6.82. The van der Waals surface area contributed by atoms with E-state index in [4.69, 9.17) is 20.3 Å². The molecule has 0 radical (unpaired) electrons. The van der Waals surface area contributed by atoms with Gasteiger partial charge in [0.25, 0.3) is 0 Å². The van der Waals surface area contributed by atoms with Crippen molar-refractivity contribution in [1.29, 1.82) is 0 Å². The van der Waals surface area contributed by atoms with Crippen LogP contribution in [-0.4, -0.2) is 51.0 Å². The maximum atomic E-state index is 13.7. The minimum Gasteiger partial charge on any atom is -0.664 e. The molecule has 1 fully saturated rings. The summed E-state index contributed by atoms with van der Waals surface area (Å²) in [5.41, 5.74) is 8.33. The third kappa shape index (κ3) is 4.71. The number of carbonyl (C=O) groups excluding carboxylic acids is 1. The Kier molecular flexibility index (Phi) is 8.19. The van der Waals surface area contributed by atoms with Crippen LogP contribution >= 0.6 is 0 Å². The van der Waals surface area contributed by atoms with E-state index in [1.54, 1.807) is 13.0 Å². The van der Waals surface area contributed by atoms with Gasteiger partial charge in [0.05, 0.1) is 0 Å². The Morgan fingerprint density at radius 2 is 1.64 bits per heavy atom. The second-order valence-electron chi connectivity index (χ2n) is 11.5. The molecular formula is C34H32MgN4O5-2. The van der Waals surface area contributed by atoms with E-state index < -0.39 is 29.6 Å². The second kappa shape index (κ2) is 11.5. The van der Waals surface area contributed by atoms with Crippen molar-refractivity contribution >= 4 is 70.7 Å². The maximum absolute atomic E-state index is 13.7. The molecule has 1 aliphatic carbocycles. The predicted octanol–water partition coefficient (Wildman–Crippen LogP) is 3.43. The number of Topliss-reactive ketones (excluding diaryl/α,β-unsaturated/α-hetero) is 1. The van der Waals surface area contributed by atoms with Gasteiger partial charge in [-0.15, -0.1) is 33.5 Å². The molecule has 2 N–H and O–H groups in total. The quantitative estimate of drug-likeness (QED) is 0.323. The first kappa shape index (κ1) is 31.4. The number of carbonyl (C=O) groups is 3. The summed E-state index contributed by atoms with van der Waals surface area (Å²) in [6.45, 7) is 13.8. The fraction of sp³-hybridized carbons (Fsp3) is 0.324. The number of aromatic nitrogens is 3. The summed E-state index contributed by atoms with van der Waals surface area (Å²) in [5.74, 6) is -4.91. The third-order valence-corrected chi connectivity index (χ3v) is 9.22. The van der Waals surface area contributed by atoms with Crippen LogP contribution in [0.4, 0.5) is 0 Å². The third-order valence-electron chi connectivity index (χ3n) is 9.22. The van der Waals surface area contributed by atoms with E-state index in [1.165, 1.54) is 0 Å². The number of ketones is 1. The van der Waals surface area contributed by atoms with Crippen molar-refractivity contribution in [2.45, 2.75) is 53.9 Å². The average Bonchev–Trinajstić information content (AvgIpc) is 3.68. The number of aliphatic carboxylic acids is 2. The van der Waals surface area contributed by atoms with Gasteiger partial charge in [0.2, 0.25) is 0 Å². The van der Waals surface area contributed by atoms with Crippen molar-refractivity contribution in [3.8, 4) is 0 Å². The van der Waals surface area contributed by atoms with Crippen LogP contribution < -0.4 is 25.7 Å². The summed E-state index contributed by atoms with van der Waals surface area (Å²) in [6.07, 6.45) is 8.31. The van der Waals surface area contributed by atoms with Gasteiger partial charge in [-0.1, -0.05) is 72.6 Å². The van der Waals surface area contributed by atoms with Crippen molar-refractivity contribution in [1.82, 2.24) is 15.0 Å². The van der Waals surface area contributed by atoms with Gasteiger partial charge in [0, 0.05) is 12.0 Å². The number of nitrogens with zero attached hydrogens (tertiary/aromatic N) is 4. The first-order chi connectivity index (χ1) is 20.5. The van der Waals surface area contributed by atoms with Crippen molar-refractivity contribution in [3.63, 3.8) is 0 Å². The number of hydrogen-bond acceptors (Lipinski definition) is 3. The zero-order valence-corrected chi connectivity index (χ0v) is 26.9. The molecule has 0 aromatic carbocycles. The van der Waals surface area contributed by atoms with Crippen LogP contribution in [0.1, 0.15) is 87.6 Å². The number of allylic oxidation sites excluding steroid dienone is 2. The van der Waals surface area contributed by atoms with Crippen molar-refractivity contribution in [2.24, 2.45) is 17.8 Å². The molecule has 3 aromatic heterocycles. The van der Waals surface area contributed by atoms with Crippen LogP contribution in [0.3, 0.4) is 0 Å². The summed E-state index contributed by atoms with van der Waals surface area (Å²) >= 11 is 0. The van der Waals surface area contributed by atoms with E-state index in [0.717, 1.165) is 45.1 Å². The molecule has 1 saturated heterocycles. The summed E-state index contributed by atoms with van der Waals surface area (Å²) < 4.78 is 0. The minimum atomic E-state index is -1.47. The molecule has 0 amide bonds. The van der Waals surface area contributed by atoms with Gasteiger partial charge in [-0.25, -0.2) is 0 Å². The van der Waals surface area contributed by atoms with E-state index in [2.05, 4.69) is 13.5 Å². The number of hydrogen-bond donors (Lipinski definition) is 2. The van der Waals surface area contributed by atoms with Crippen LogP contribution in [0.5, 0.6) is 0 Å². The topological polar surface area (TPSA) is 148 Å². The monoisotopic (exact) mass is 600 g/mol. The van der Waals surface area contributed by atoms with Crippen molar-refractivity contribution < 1.29 is 24.6 Å². The van der Waals surface area contributed by atoms with E-state index in [0.29, 0.717) is 34.0 Å². The van der Waals surface area contributed by atoms with Crippen LogP contribution in [-0.2, 0) is 16.0 Å². The molecule has 10 heteroatoms. The van der Waals surface area contributed by atoms with Gasteiger partial charge in [-0.3, -0.25) is 14.4 Å². The van der Waals surface area contributed by atoms with E-state index in [-0.39, 0.29) is 52.9 Å². The number of carboxylic acid groups (broad SMARTS) is 2. The van der Waals surface area contributed by atoms with E-state index in [9.17, 15) is 24.6 Å². The standard InChI is InChI=1S/C34H34N4O5.Mg/c1-7-18-14(3)21-11-23-16(5)20(9-10-27(39)40)31(37-23)29-30(34(42)43)33(41)28-17(6)24(38-32(28)29)13-26-19(8-2)15(4)22(36-26)12-25(18)35-21;/h7,11-13,16,20,30H,1,8-10H2,2-6H3,(H4,37,38,39,40,41,42,43);/q-2;+2/p-2/b22-12-,23-11-,26-13-;/t16-,20-,30+;/m0./s1. The molecule has 5 heterocycles. The number of rotatable bonds is 6. The Labute approximate surface area is 271 Å². The Morgan fingerprint density at radius 1 is 0.955 bits per heavy atom. The molecule has 0 spiro atoms. The van der Waals surface area contributed by atoms with Crippen LogP contribution in [0.25, 0.3) is 35.2 Å². The fourth-order valence-electron chi connectivity index (χ4n) is 6.82. The molecule has 3 aliphatic rings. The van der Waals surface area contributed by atoms with Crippen LogP contribution in [0.2, 0.25) is 0 Å². The second-order valence-corrected chi connectivity index (χ2v) is 11.5. The first-order valence-electron chi connectivity index (χ1n) is 14.5. The summed E-state index contributed by atoms with van der Waals surface area (Å²) in [4.78, 5) is 52.7. The van der Waals surface area contributed by atoms with Gasteiger partial charge >= 0.3 is 35.0 Å².